The van der Waals surface area contributed by atoms with Crippen molar-refractivity contribution in [2.75, 3.05) is 7.05 Å². The van der Waals surface area contributed by atoms with E-state index in [9.17, 15) is 4.79 Å². The Balaban J connectivity index is 1.90. The zero-order chi connectivity index (χ0) is 23.4. The first-order chi connectivity index (χ1) is 16.0. The van der Waals surface area contributed by atoms with Crippen LogP contribution in [0.5, 0.6) is 5.88 Å². The molecule has 1 amide bonds. The average molecular weight is 498 g/mol. The van der Waals surface area contributed by atoms with Crippen molar-refractivity contribution in [1.82, 2.24) is 10.3 Å². The molecule has 4 aromatic rings. The Bertz CT molecular complexity index is 1290. The van der Waals surface area contributed by atoms with Gasteiger partial charge in [0.1, 0.15) is 12.2 Å². The van der Waals surface area contributed by atoms with Crippen LogP contribution in [0, 0.1) is 0 Å². The molecule has 0 atom stereocenters. The summed E-state index contributed by atoms with van der Waals surface area (Å²) in [5.74, 6) is -0.105. The predicted octanol–water partition coefficient (Wildman–Crippen LogP) is 7.31. The largest absolute Gasteiger partial charge is 0.472 e. The molecule has 0 saturated carbocycles. The Hall–Kier alpha value is -3.05. The van der Waals surface area contributed by atoms with Gasteiger partial charge in [-0.25, -0.2) is 4.98 Å². The molecule has 1 aromatic heterocycles. The molecule has 0 aliphatic carbocycles. The lowest BCUT2D eigenvalue weighted by Gasteiger charge is -2.17. The molecular formula is C26H19Cl3N2O2. The number of rotatable bonds is 6. The van der Waals surface area contributed by atoms with Crippen LogP contribution in [0.3, 0.4) is 0 Å². The molecular weight excluding hydrogens is 479 g/mol. The van der Waals surface area contributed by atoms with Crippen LogP contribution in [-0.4, -0.2) is 17.9 Å². The zero-order valence-electron chi connectivity index (χ0n) is 17.6. The lowest BCUT2D eigenvalue weighted by atomic mass is 9.97. The molecule has 0 aliphatic rings. The van der Waals surface area contributed by atoms with Crippen LogP contribution >= 0.6 is 34.8 Å². The molecule has 0 aliphatic heterocycles. The molecule has 0 fully saturated rings. The summed E-state index contributed by atoms with van der Waals surface area (Å²) >= 11 is 18.7. The molecule has 0 radical (unpaired) electrons. The molecule has 3 aromatic carbocycles. The number of benzene rings is 3. The van der Waals surface area contributed by atoms with Gasteiger partial charge in [0.05, 0.1) is 10.7 Å². The third kappa shape index (κ3) is 5.31. The van der Waals surface area contributed by atoms with E-state index in [1.165, 1.54) is 0 Å². The summed E-state index contributed by atoms with van der Waals surface area (Å²) in [6.07, 6.45) is 0. The molecule has 4 rings (SSSR count). The Kier molecular flexibility index (Phi) is 7.19. The molecule has 7 heteroatoms. The van der Waals surface area contributed by atoms with E-state index in [0.717, 1.165) is 11.1 Å². The normalized spacial score (nSPS) is 10.7. The summed E-state index contributed by atoms with van der Waals surface area (Å²) in [5, 5.41) is 4.22. The number of halogens is 3. The SMILES string of the molecule is CNC(=O)c1cc(-c2ccc(Cl)cc2)c(-c2ccc(Cl)cc2Cl)nc1OCc1ccccc1. The number of hydrogen-bond donors (Lipinski definition) is 1. The molecule has 1 N–H and O–H groups in total. The van der Waals surface area contributed by atoms with E-state index in [1.807, 2.05) is 42.5 Å². The van der Waals surface area contributed by atoms with Crippen molar-refractivity contribution in [2.24, 2.45) is 0 Å². The first kappa shape index (κ1) is 23.1. The third-order valence-electron chi connectivity index (χ3n) is 5.02. The quantitative estimate of drug-likeness (QED) is 0.304. The fourth-order valence-corrected chi connectivity index (χ4v) is 3.99. The van der Waals surface area contributed by atoms with Gasteiger partial charge in [0, 0.05) is 28.2 Å². The molecule has 166 valence electrons. The van der Waals surface area contributed by atoms with Gasteiger partial charge in [-0.2, -0.15) is 0 Å². The third-order valence-corrected chi connectivity index (χ3v) is 5.82. The Labute approximate surface area is 207 Å². The molecule has 1 heterocycles. The van der Waals surface area contributed by atoms with E-state index in [4.69, 9.17) is 44.5 Å². The van der Waals surface area contributed by atoms with Crippen molar-refractivity contribution in [3.8, 4) is 28.3 Å². The van der Waals surface area contributed by atoms with Crippen LogP contribution in [0.25, 0.3) is 22.4 Å². The minimum atomic E-state index is -0.311. The van der Waals surface area contributed by atoms with Crippen molar-refractivity contribution in [1.29, 1.82) is 0 Å². The maximum absolute atomic E-state index is 12.7. The number of aromatic nitrogens is 1. The Morgan fingerprint density at radius 1 is 0.879 bits per heavy atom. The van der Waals surface area contributed by atoms with Crippen molar-refractivity contribution >= 4 is 40.7 Å². The molecule has 0 spiro atoms. The maximum Gasteiger partial charge on any atom is 0.256 e. The summed E-state index contributed by atoms with van der Waals surface area (Å²) < 4.78 is 6.02. The number of nitrogens with zero attached hydrogens (tertiary/aromatic N) is 1. The number of ether oxygens (including phenoxy) is 1. The highest BCUT2D eigenvalue weighted by atomic mass is 35.5. The van der Waals surface area contributed by atoms with Crippen LogP contribution in [0.1, 0.15) is 15.9 Å². The number of pyridine rings is 1. The number of nitrogens with one attached hydrogen (secondary N) is 1. The van der Waals surface area contributed by atoms with Crippen LogP contribution < -0.4 is 10.1 Å². The van der Waals surface area contributed by atoms with Crippen LogP contribution in [0.2, 0.25) is 15.1 Å². The standard InChI is InChI=1S/C26H19Cl3N2O2/c1-30-25(32)22-14-21(17-7-9-18(27)10-8-17)24(20-12-11-19(28)13-23(20)29)31-26(22)33-15-16-5-3-2-4-6-16/h2-14H,15H2,1H3,(H,30,32). The van der Waals surface area contributed by atoms with E-state index in [2.05, 4.69) is 5.32 Å². The van der Waals surface area contributed by atoms with E-state index in [0.29, 0.717) is 37.5 Å². The highest BCUT2D eigenvalue weighted by Crippen LogP contribution is 2.39. The van der Waals surface area contributed by atoms with E-state index >= 15 is 0 Å². The highest BCUT2D eigenvalue weighted by molar-refractivity contribution is 6.36. The molecule has 0 saturated heterocycles. The second-order valence-corrected chi connectivity index (χ2v) is 8.50. The van der Waals surface area contributed by atoms with Crippen LogP contribution in [0.4, 0.5) is 0 Å². The van der Waals surface area contributed by atoms with Crippen molar-refractivity contribution in [2.45, 2.75) is 6.61 Å². The lowest BCUT2D eigenvalue weighted by Crippen LogP contribution is -2.20. The summed E-state index contributed by atoms with van der Waals surface area (Å²) in [4.78, 5) is 17.5. The summed E-state index contributed by atoms with van der Waals surface area (Å²) in [5.41, 5.74) is 4.03. The van der Waals surface area contributed by atoms with E-state index in [1.54, 1.807) is 43.4 Å². The average Bonchev–Trinajstić information content (AvgIpc) is 2.83. The maximum atomic E-state index is 12.7. The number of amides is 1. The fourth-order valence-electron chi connectivity index (χ4n) is 3.37. The zero-order valence-corrected chi connectivity index (χ0v) is 19.9. The molecule has 0 unspecified atom stereocenters. The second-order valence-electron chi connectivity index (χ2n) is 7.22. The van der Waals surface area contributed by atoms with Crippen LogP contribution in [-0.2, 0) is 6.61 Å². The van der Waals surface area contributed by atoms with Gasteiger partial charge >= 0.3 is 0 Å². The van der Waals surface area contributed by atoms with E-state index in [-0.39, 0.29) is 18.4 Å². The van der Waals surface area contributed by atoms with Gasteiger partial charge in [-0.15, -0.1) is 0 Å². The van der Waals surface area contributed by atoms with Gasteiger partial charge in [-0.05, 0) is 47.5 Å². The first-order valence-corrected chi connectivity index (χ1v) is 11.2. The Morgan fingerprint density at radius 3 is 2.24 bits per heavy atom. The summed E-state index contributed by atoms with van der Waals surface area (Å²) in [6, 6.07) is 23.9. The van der Waals surface area contributed by atoms with Crippen molar-refractivity contribution in [3.63, 3.8) is 0 Å². The van der Waals surface area contributed by atoms with Gasteiger partial charge in [-0.3, -0.25) is 4.79 Å². The smallest absolute Gasteiger partial charge is 0.256 e. The number of carbonyl (C=O) groups excluding carboxylic acids is 1. The molecule has 0 bridgehead atoms. The highest BCUT2D eigenvalue weighted by Gasteiger charge is 2.21. The number of carbonyl (C=O) groups is 1. The minimum Gasteiger partial charge on any atom is -0.472 e. The lowest BCUT2D eigenvalue weighted by molar-refractivity contribution is 0.0957. The monoisotopic (exact) mass is 496 g/mol. The minimum absolute atomic E-state index is 0.205. The van der Waals surface area contributed by atoms with Gasteiger partial charge in [0.15, 0.2) is 0 Å². The molecule has 4 nitrogen and oxygen atoms in total. The van der Waals surface area contributed by atoms with Gasteiger partial charge in [-0.1, -0.05) is 77.3 Å². The van der Waals surface area contributed by atoms with Crippen molar-refractivity contribution in [3.05, 3.63) is 105 Å². The van der Waals surface area contributed by atoms with Gasteiger partial charge in [0.25, 0.3) is 5.91 Å². The summed E-state index contributed by atoms with van der Waals surface area (Å²) in [7, 11) is 1.56. The first-order valence-electron chi connectivity index (χ1n) is 10.1. The Morgan fingerprint density at radius 2 is 1.58 bits per heavy atom. The van der Waals surface area contributed by atoms with Crippen molar-refractivity contribution < 1.29 is 9.53 Å². The molecule has 33 heavy (non-hydrogen) atoms. The van der Waals surface area contributed by atoms with Crippen LogP contribution in [0.15, 0.2) is 78.9 Å². The van der Waals surface area contributed by atoms with Gasteiger partial charge < -0.3 is 10.1 Å². The topological polar surface area (TPSA) is 51.2 Å². The second kappa shape index (κ2) is 10.3. The predicted molar refractivity (Wildman–Crippen MR) is 134 cm³/mol. The summed E-state index contributed by atoms with van der Waals surface area (Å²) in [6.45, 7) is 0.256. The van der Waals surface area contributed by atoms with E-state index < -0.39 is 0 Å². The fraction of sp³-hybridized carbons (Fsp3) is 0.0769. The van der Waals surface area contributed by atoms with Gasteiger partial charge in [0.2, 0.25) is 5.88 Å². The number of hydrogen-bond acceptors (Lipinski definition) is 3.